The van der Waals surface area contributed by atoms with Gasteiger partial charge in [-0.3, -0.25) is 24.0 Å². The van der Waals surface area contributed by atoms with E-state index in [1.54, 1.807) is 0 Å². The first-order chi connectivity index (χ1) is 17.2. The molecule has 2 aliphatic heterocycles. The molecule has 36 heavy (non-hydrogen) atoms. The number of rotatable bonds is 14. The molecule has 8 N–H and O–H groups in total. The lowest BCUT2D eigenvalue weighted by Gasteiger charge is -2.32. The van der Waals surface area contributed by atoms with Crippen molar-refractivity contribution in [3.63, 3.8) is 0 Å². The highest BCUT2D eigenvalue weighted by molar-refractivity contribution is 5.95. The summed E-state index contributed by atoms with van der Waals surface area (Å²) < 4.78 is 0. The van der Waals surface area contributed by atoms with Crippen molar-refractivity contribution in [3.05, 3.63) is 0 Å². The third-order valence-corrected chi connectivity index (χ3v) is 6.58. The molecule has 0 aromatic rings. The van der Waals surface area contributed by atoms with Crippen molar-refractivity contribution in [2.45, 2.75) is 82.0 Å². The lowest BCUT2D eigenvalue weighted by molar-refractivity contribution is -0.147. The number of nitrogens with two attached hydrogens (primary N) is 3. The van der Waals surface area contributed by atoms with Crippen LogP contribution in [-0.4, -0.2) is 96.0 Å². The topological polar surface area (TPSA) is 211 Å². The van der Waals surface area contributed by atoms with E-state index in [0.29, 0.717) is 64.4 Å². The smallest absolute Gasteiger partial charge is 0.246 e. The minimum atomic E-state index is -0.937. The Morgan fingerprint density at radius 1 is 0.972 bits per heavy atom. The van der Waals surface area contributed by atoms with Crippen molar-refractivity contribution < 1.29 is 28.8 Å². The Labute approximate surface area is 210 Å². The molecule has 2 fully saturated rings. The highest BCUT2D eigenvalue weighted by Gasteiger charge is 2.42. The lowest BCUT2D eigenvalue weighted by Crippen LogP contribution is -2.55. The molecule has 0 radical (unpaired) electrons. The highest BCUT2D eigenvalue weighted by atomic mass is 16.2. The predicted molar refractivity (Wildman–Crippen MR) is 130 cm³/mol. The molecule has 13 nitrogen and oxygen atoms in total. The number of primary amides is 1. The zero-order chi connectivity index (χ0) is 26.7. The van der Waals surface area contributed by atoms with Crippen molar-refractivity contribution in [1.29, 1.82) is 0 Å². The minimum absolute atomic E-state index is 0.0252. The molecule has 0 aromatic heterocycles. The Hall–Kier alpha value is -3.06. The average molecular weight is 510 g/mol. The van der Waals surface area contributed by atoms with Gasteiger partial charge in [0.25, 0.3) is 0 Å². The van der Waals surface area contributed by atoms with Crippen LogP contribution in [0.15, 0.2) is 0 Å². The number of amides is 5. The summed E-state index contributed by atoms with van der Waals surface area (Å²) in [6, 6.07) is -3.06. The largest absolute Gasteiger partial charge is 0.370 e. The minimum Gasteiger partial charge on any atom is -0.370 e. The van der Waals surface area contributed by atoms with Gasteiger partial charge in [0.2, 0.25) is 29.5 Å². The van der Waals surface area contributed by atoms with Crippen LogP contribution in [0.2, 0.25) is 0 Å². The van der Waals surface area contributed by atoms with Crippen LogP contribution in [0, 0.1) is 0 Å². The molecule has 202 valence electrons. The molecule has 5 amide bonds. The first-order valence-electron chi connectivity index (χ1n) is 12.6. The van der Waals surface area contributed by atoms with Gasteiger partial charge in [0.15, 0.2) is 0 Å². The van der Waals surface area contributed by atoms with E-state index >= 15 is 0 Å². The third kappa shape index (κ3) is 8.26. The van der Waals surface area contributed by atoms with Crippen LogP contribution in [-0.2, 0) is 28.8 Å². The molecule has 2 rings (SSSR count). The van der Waals surface area contributed by atoms with Crippen LogP contribution in [0.25, 0.3) is 0 Å². The van der Waals surface area contributed by atoms with E-state index < -0.39 is 47.8 Å². The number of hydrogen-bond acceptors (Lipinski definition) is 8. The second kappa shape index (κ2) is 14.5. The van der Waals surface area contributed by atoms with Crippen molar-refractivity contribution >= 4 is 35.8 Å². The van der Waals surface area contributed by atoms with Gasteiger partial charge in [0.05, 0.1) is 18.6 Å². The van der Waals surface area contributed by atoms with Crippen molar-refractivity contribution in [3.8, 4) is 0 Å². The van der Waals surface area contributed by atoms with Gasteiger partial charge >= 0.3 is 0 Å². The van der Waals surface area contributed by atoms with E-state index in [0.717, 1.165) is 6.42 Å². The maximum Gasteiger partial charge on any atom is 0.246 e. The van der Waals surface area contributed by atoms with Crippen molar-refractivity contribution in [2.24, 2.45) is 17.2 Å². The van der Waals surface area contributed by atoms with E-state index in [-0.39, 0.29) is 25.3 Å². The maximum atomic E-state index is 13.3. The molecule has 0 saturated carbocycles. The van der Waals surface area contributed by atoms with Gasteiger partial charge in [-0.25, -0.2) is 0 Å². The summed E-state index contributed by atoms with van der Waals surface area (Å²) in [6.07, 6.45) is 4.76. The molecule has 0 bridgehead atoms. The molecule has 13 heteroatoms. The van der Waals surface area contributed by atoms with Crippen molar-refractivity contribution in [1.82, 2.24) is 20.4 Å². The van der Waals surface area contributed by atoms with Gasteiger partial charge in [-0.2, -0.15) is 0 Å². The lowest BCUT2D eigenvalue weighted by atomic mass is 10.1. The van der Waals surface area contributed by atoms with E-state index in [1.807, 2.05) is 0 Å². The van der Waals surface area contributed by atoms with E-state index in [2.05, 4.69) is 10.6 Å². The monoisotopic (exact) mass is 509 g/mol. The van der Waals surface area contributed by atoms with Crippen LogP contribution in [0.3, 0.4) is 0 Å². The van der Waals surface area contributed by atoms with Crippen LogP contribution >= 0.6 is 0 Å². The fourth-order valence-corrected chi connectivity index (χ4v) is 4.64. The maximum absolute atomic E-state index is 13.3. The van der Waals surface area contributed by atoms with Crippen LogP contribution in [0.1, 0.15) is 57.8 Å². The Bertz CT molecular complexity index is 823. The molecule has 0 aliphatic carbocycles. The molecule has 2 heterocycles. The fourth-order valence-electron chi connectivity index (χ4n) is 4.64. The number of likely N-dealkylation sites (tertiary alicyclic amines) is 2. The summed E-state index contributed by atoms with van der Waals surface area (Å²) in [7, 11) is 0. The summed E-state index contributed by atoms with van der Waals surface area (Å²) in [5.74, 6) is -2.26. The molecule has 0 aromatic carbocycles. The van der Waals surface area contributed by atoms with Crippen molar-refractivity contribution in [2.75, 3.05) is 26.2 Å². The predicted octanol–water partition coefficient (Wildman–Crippen LogP) is -2.51. The molecular weight excluding hydrogens is 470 g/mol. The van der Waals surface area contributed by atoms with Gasteiger partial charge in [0.1, 0.15) is 18.4 Å². The summed E-state index contributed by atoms with van der Waals surface area (Å²) in [5, 5.41) is 5.12. The van der Waals surface area contributed by atoms with Crippen LogP contribution < -0.4 is 27.8 Å². The standard InChI is InChI=1S/C23H39N7O6/c24-10-2-1-5-15(14-31)28-20(33)13-27-21(34)17-6-3-11-29(17)23(36)18-7-4-12-30(18)22(35)16(25)8-9-19(26)32/h14-18H,1-13,24-25H2,(H2,26,32)(H,27,34)(H,28,33)/t15-,16-,17-,18-/m0/s1. The van der Waals surface area contributed by atoms with Gasteiger partial charge in [-0.05, 0) is 57.9 Å². The van der Waals surface area contributed by atoms with E-state index in [4.69, 9.17) is 17.2 Å². The molecular formula is C23H39N7O6. The number of hydrogen-bond donors (Lipinski definition) is 5. The number of nitrogens with zero attached hydrogens (tertiary/aromatic N) is 2. The third-order valence-electron chi connectivity index (χ3n) is 6.58. The SMILES string of the molecule is NCCCC[C@@H](C=O)NC(=O)CNC(=O)[C@@H]1CCCN1C(=O)[C@@H]1CCCN1C(=O)[C@@H](N)CCC(N)=O. The average Bonchev–Trinajstić information content (AvgIpc) is 3.54. The normalized spacial score (nSPS) is 21.1. The summed E-state index contributed by atoms with van der Waals surface area (Å²) in [6.45, 7) is 0.916. The fraction of sp³-hybridized carbons (Fsp3) is 0.739. The van der Waals surface area contributed by atoms with Crippen LogP contribution in [0.4, 0.5) is 0 Å². The zero-order valence-corrected chi connectivity index (χ0v) is 20.7. The Balaban J connectivity index is 1.91. The van der Waals surface area contributed by atoms with Gasteiger partial charge in [-0.1, -0.05) is 0 Å². The quantitative estimate of drug-likeness (QED) is 0.124. The molecule has 2 saturated heterocycles. The van der Waals surface area contributed by atoms with E-state index in [1.165, 1.54) is 9.80 Å². The first-order valence-corrected chi connectivity index (χ1v) is 12.6. The number of unbranched alkanes of at least 4 members (excludes halogenated alkanes) is 1. The molecule has 4 atom stereocenters. The molecule has 0 unspecified atom stereocenters. The number of carbonyl (C=O) groups is 6. The Morgan fingerprint density at radius 2 is 1.64 bits per heavy atom. The number of carbonyl (C=O) groups excluding carboxylic acids is 6. The second-order valence-corrected chi connectivity index (χ2v) is 9.30. The highest BCUT2D eigenvalue weighted by Crippen LogP contribution is 2.25. The van der Waals surface area contributed by atoms with Gasteiger partial charge in [0, 0.05) is 19.5 Å². The summed E-state index contributed by atoms with van der Waals surface area (Å²) in [5.41, 5.74) is 16.5. The summed E-state index contributed by atoms with van der Waals surface area (Å²) in [4.78, 5) is 76.2. The van der Waals surface area contributed by atoms with E-state index in [9.17, 15) is 28.8 Å². The Kier molecular flexibility index (Phi) is 11.7. The first kappa shape index (κ1) is 29.2. The summed E-state index contributed by atoms with van der Waals surface area (Å²) >= 11 is 0. The van der Waals surface area contributed by atoms with Gasteiger partial charge in [-0.15, -0.1) is 0 Å². The number of aldehydes is 1. The van der Waals surface area contributed by atoms with Crippen LogP contribution in [0.5, 0.6) is 0 Å². The van der Waals surface area contributed by atoms with Gasteiger partial charge < -0.3 is 42.4 Å². The number of nitrogens with one attached hydrogen (secondary N) is 2. The molecule has 2 aliphatic rings. The Morgan fingerprint density at radius 3 is 2.28 bits per heavy atom. The zero-order valence-electron chi connectivity index (χ0n) is 20.7. The molecule has 0 spiro atoms. The second-order valence-electron chi connectivity index (χ2n) is 9.30.